The molecule has 0 radical (unpaired) electrons. The topological polar surface area (TPSA) is 92.5 Å². The first-order valence-electron chi connectivity index (χ1n) is 5.93. The van der Waals surface area contributed by atoms with Crippen LogP contribution in [0.5, 0.6) is 0 Å². The van der Waals surface area contributed by atoms with E-state index in [1.165, 1.54) is 18.2 Å². The molecule has 21 heavy (non-hydrogen) atoms. The van der Waals surface area contributed by atoms with E-state index in [4.69, 9.17) is 5.11 Å². The van der Waals surface area contributed by atoms with E-state index < -0.39 is 16.6 Å². The van der Waals surface area contributed by atoms with Gasteiger partial charge >= 0.3 is 5.97 Å². The minimum absolute atomic E-state index is 0.339. The number of aryl methyl sites for hydroxylation is 1. The number of anilines is 2. The molecule has 0 saturated heterocycles. The molecule has 0 aliphatic carbocycles. The van der Waals surface area contributed by atoms with Gasteiger partial charge < -0.3 is 10.4 Å². The van der Waals surface area contributed by atoms with Crippen molar-refractivity contribution in [1.29, 1.82) is 0 Å². The van der Waals surface area contributed by atoms with Crippen molar-refractivity contribution in [2.45, 2.75) is 6.92 Å². The second kappa shape index (κ2) is 5.92. The lowest BCUT2D eigenvalue weighted by atomic mass is 10.1. The van der Waals surface area contributed by atoms with Gasteiger partial charge in [0.05, 0.1) is 10.6 Å². The molecule has 0 amide bonds. The van der Waals surface area contributed by atoms with E-state index in [-0.39, 0.29) is 5.56 Å². The number of hydrogen-bond acceptors (Lipinski definition) is 4. The number of carboxylic acid groups (broad SMARTS) is 1. The van der Waals surface area contributed by atoms with Gasteiger partial charge in [-0.2, -0.15) is 0 Å². The van der Waals surface area contributed by atoms with Gasteiger partial charge in [-0.15, -0.1) is 0 Å². The van der Waals surface area contributed by atoms with Gasteiger partial charge in [0.1, 0.15) is 5.56 Å². The molecule has 0 aliphatic rings. The average Bonchev–Trinajstić information content (AvgIpc) is 2.42. The highest BCUT2D eigenvalue weighted by atomic mass is 79.9. The molecular weight excluding hydrogens is 340 g/mol. The Morgan fingerprint density at radius 2 is 2.00 bits per heavy atom. The van der Waals surface area contributed by atoms with Crippen molar-refractivity contribution in [2.24, 2.45) is 0 Å². The van der Waals surface area contributed by atoms with Crippen LogP contribution < -0.4 is 5.32 Å². The van der Waals surface area contributed by atoms with Crippen molar-refractivity contribution in [3.05, 3.63) is 62.1 Å². The highest BCUT2D eigenvalue weighted by molar-refractivity contribution is 9.10. The number of rotatable bonds is 4. The third-order valence-electron chi connectivity index (χ3n) is 2.83. The van der Waals surface area contributed by atoms with Crippen LogP contribution in [0.3, 0.4) is 0 Å². The van der Waals surface area contributed by atoms with Crippen LogP contribution in [0.25, 0.3) is 0 Å². The lowest BCUT2D eigenvalue weighted by Crippen LogP contribution is -2.03. The molecule has 0 unspecified atom stereocenters. The van der Waals surface area contributed by atoms with Gasteiger partial charge in [-0.1, -0.05) is 6.07 Å². The number of aromatic carboxylic acids is 1. The normalized spacial score (nSPS) is 10.2. The minimum Gasteiger partial charge on any atom is -0.477 e. The predicted molar refractivity (Wildman–Crippen MR) is 82.2 cm³/mol. The maximum absolute atomic E-state index is 11.0. The van der Waals surface area contributed by atoms with Crippen LogP contribution in [0.4, 0.5) is 17.1 Å². The maximum atomic E-state index is 11.0. The second-order valence-electron chi connectivity index (χ2n) is 4.40. The smallest absolute Gasteiger partial charge is 0.342 e. The summed E-state index contributed by atoms with van der Waals surface area (Å²) in [4.78, 5) is 21.2. The molecule has 0 aromatic heterocycles. The summed E-state index contributed by atoms with van der Waals surface area (Å²) in [6, 6.07) is 9.57. The maximum Gasteiger partial charge on any atom is 0.342 e. The van der Waals surface area contributed by atoms with Crippen LogP contribution >= 0.6 is 15.9 Å². The number of halogens is 1. The second-order valence-corrected chi connectivity index (χ2v) is 5.26. The van der Waals surface area contributed by atoms with Gasteiger partial charge in [0.15, 0.2) is 0 Å². The zero-order chi connectivity index (χ0) is 15.6. The van der Waals surface area contributed by atoms with E-state index >= 15 is 0 Å². The lowest BCUT2D eigenvalue weighted by Gasteiger charge is -2.10. The molecule has 0 fully saturated rings. The van der Waals surface area contributed by atoms with Crippen LogP contribution in [-0.4, -0.2) is 16.0 Å². The largest absolute Gasteiger partial charge is 0.477 e. The van der Waals surface area contributed by atoms with E-state index in [1.54, 1.807) is 0 Å². The Morgan fingerprint density at radius 3 is 2.62 bits per heavy atom. The molecule has 2 N–H and O–H groups in total. The standard InChI is InChI=1S/C14H11BrN2O4/c1-8-2-5-11(15)12(6-8)16-9-3-4-10(14(18)19)13(7-9)17(20)21/h2-7,16H,1H3,(H,18,19). The number of hydrogen-bond donors (Lipinski definition) is 2. The number of nitrogens with one attached hydrogen (secondary N) is 1. The summed E-state index contributed by atoms with van der Waals surface area (Å²) < 4.78 is 0.804. The van der Waals surface area contributed by atoms with Crippen LogP contribution in [-0.2, 0) is 0 Å². The fraction of sp³-hybridized carbons (Fsp3) is 0.0714. The third-order valence-corrected chi connectivity index (χ3v) is 3.52. The zero-order valence-corrected chi connectivity index (χ0v) is 12.5. The van der Waals surface area contributed by atoms with Crippen LogP contribution in [0, 0.1) is 17.0 Å². The van der Waals surface area contributed by atoms with Crippen molar-refractivity contribution in [3.63, 3.8) is 0 Å². The average molecular weight is 351 g/mol. The summed E-state index contributed by atoms with van der Waals surface area (Å²) >= 11 is 3.38. The molecule has 6 nitrogen and oxygen atoms in total. The molecule has 0 heterocycles. The Morgan fingerprint density at radius 1 is 1.29 bits per heavy atom. The van der Waals surface area contributed by atoms with Crippen molar-refractivity contribution in [1.82, 2.24) is 0 Å². The SMILES string of the molecule is Cc1ccc(Br)c(Nc2ccc(C(=O)O)c([N+](=O)[O-])c2)c1. The van der Waals surface area contributed by atoms with E-state index in [1.807, 2.05) is 25.1 Å². The van der Waals surface area contributed by atoms with Crippen molar-refractivity contribution < 1.29 is 14.8 Å². The van der Waals surface area contributed by atoms with Gasteiger partial charge in [0, 0.05) is 16.2 Å². The summed E-state index contributed by atoms with van der Waals surface area (Å²) in [6.45, 7) is 1.92. The first kappa shape index (κ1) is 15.0. The Kier molecular flexibility index (Phi) is 4.23. The molecule has 108 valence electrons. The molecule has 7 heteroatoms. The van der Waals surface area contributed by atoms with Crippen molar-refractivity contribution in [2.75, 3.05) is 5.32 Å². The Hall–Kier alpha value is -2.41. The van der Waals surface area contributed by atoms with Crippen molar-refractivity contribution in [3.8, 4) is 0 Å². The number of benzene rings is 2. The van der Waals surface area contributed by atoms with E-state index in [9.17, 15) is 14.9 Å². The Labute approximate surface area is 128 Å². The highest BCUT2D eigenvalue weighted by Crippen LogP contribution is 2.29. The Balaban J connectivity index is 2.41. The predicted octanol–water partition coefficient (Wildman–Crippen LogP) is 4.11. The van der Waals surface area contributed by atoms with Gasteiger partial charge in [0.2, 0.25) is 0 Å². The minimum atomic E-state index is -1.33. The highest BCUT2D eigenvalue weighted by Gasteiger charge is 2.20. The fourth-order valence-electron chi connectivity index (χ4n) is 1.83. The van der Waals surface area contributed by atoms with Crippen LogP contribution in [0.2, 0.25) is 0 Å². The van der Waals surface area contributed by atoms with E-state index in [0.29, 0.717) is 5.69 Å². The fourth-order valence-corrected chi connectivity index (χ4v) is 2.18. The molecule has 0 atom stereocenters. The number of nitrogens with zero attached hydrogens (tertiary/aromatic N) is 1. The third kappa shape index (κ3) is 3.38. The molecule has 2 aromatic carbocycles. The summed E-state index contributed by atoms with van der Waals surface area (Å²) in [7, 11) is 0. The quantitative estimate of drug-likeness (QED) is 0.639. The number of carboxylic acids is 1. The summed E-state index contributed by atoms with van der Waals surface area (Å²) in [5, 5.41) is 22.9. The molecule has 0 spiro atoms. The molecule has 0 saturated carbocycles. The van der Waals surface area contributed by atoms with Crippen molar-refractivity contribution >= 4 is 39.0 Å². The number of nitro groups is 1. The Bertz CT molecular complexity index is 731. The molecule has 2 aromatic rings. The molecule has 0 aliphatic heterocycles. The molecule has 0 bridgehead atoms. The first-order valence-corrected chi connectivity index (χ1v) is 6.72. The first-order chi connectivity index (χ1) is 9.88. The van der Waals surface area contributed by atoms with Gasteiger partial charge in [-0.05, 0) is 52.7 Å². The monoisotopic (exact) mass is 350 g/mol. The number of carbonyl (C=O) groups is 1. The van der Waals surface area contributed by atoms with Gasteiger partial charge in [0.25, 0.3) is 5.69 Å². The van der Waals surface area contributed by atoms with Crippen LogP contribution in [0.1, 0.15) is 15.9 Å². The lowest BCUT2D eigenvalue weighted by molar-refractivity contribution is -0.385. The summed E-state index contributed by atoms with van der Waals surface area (Å²) in [5.41, 5.74) is 1.42. The summed E-state index contributed by atoms with van der Waals surface area (Å²) in [5.74, 6) is -1.33. The molecular formula is C14H11BrN2O4. The zero-order valence-electron chi connectivity index (χ0n) is 11.0. The summed E-state index contributed by atoms with van der Waals surface area (Å²) in [6.07, 6.45) is 0. The van der Waals surface area contributed by atoms with Gasteiger partial charge in [-0.3, -0.25) is 10.1 Å². The van der Waals surface area contributed by atoms with E-state index in [0.717, 1.165) is 15.7 Å². The van der Waals surface area contributed by atoms with Crippen LogP contribution in [0.15, 0.2) is 40.9 Å². The number of nitro benzene ring substituents is 1. The molecule has 2 rings (SSSR count). The van der Waals surface area contributed by atoms with E-state index in [2.05, 4.69) is 21.2 Å². The van der Waals surface area contributed by atoms with Gasteiger partial charge in [-0.25, -0.2) is 4.79 Å².